The zero-order valence-electron chi connectivity index (χ0n) is 9.98. The predicted molar refractivity (Wildman–Crippen MR) is 68.4 cm³/mol. The number of allylic oxidation sites excluding steroid dienone is 8. The van der Waals surface area contributed by atoms with Crippen molar-refractivity contribution < 1.29 is 9.53 Å². The molecular formula is C15H16O2. The highest BCUT2D eigenvalue weighted by Crippen LogP contribution is 2.24. The quantitative estimate of drug-likeness (QED) is 0.545. The third-order valence-electron chi connectivity index (χ3n) is 2.74. The molecule has 0 saturated heterocycles. The van der Waals surface area contributed by atoms with E-state index in [1.807, 2.05) is 43.4 Å². The molecule has 0 aromatic rings. The number of esters is 1. The molecule has 0 amide bonds. The van der Waals surface area contributed by atoms with Gasteiger partial charge in [-0.1, -0.05) is 36.5 Å². The van der Waals surface area contributed by atoms with Crippen molar-refractivity contribution in [2.45, 2.75) is 19.8 Å². The maximum absolute atomic E-state index is 11.9. The van der Waals surface area contributed by atoms with Crippen LogP contribution in [0.3, 0.4) is 0 Å². The third-order valence-corrected chi connectivity index (χ3v) is 2.74. The third kappa shape index (κ3) is 2.84. The molecule has 0 radical (unpaired) electrons. The molecule has 2 nitrogen and oxygen atoms in total. The van der Waals surface area contributed by atoms with Crippen LogP contribution in [0.2, 0.25) is 0 Å². The summed E-state index contributed by atoms with van der Waals surface area (Å²) in [6.45, 7) is 2.24. The number of carbonyl (C=O) groups is 1. The standard InChI is InChI=1S/C15H16O2/c1-2-17-15(16)14(13-9-5-6-10-13)11-12-7-3-4-8-12/h3-7,9,11H,2,8,10H2,1H3. The summed E-state index contributed by atoms with van der Waals surface area (Å²) in [7, 11) is 0. The second-order valence-electron chi connectivity index (χ2n) is 3.98. The minimum Gasteiger partial charge on any atom is -0.462 e. The van der Waals surface area contributed by atoms with Crippen molar-refractivity contribution in [1.82, 2.24) is 0 Å². The maximum atomic E-state index is 11.9. The zero-order chi connectivity index (χ0) is 12.1. The largest absolute Gasteiger partial charge is 0.462 e. The van der Waals surface area contributed by atoms with Gasteiger partial charge in [0.2, 0.25) is 0 Å². The van der Waals surface area contributed by atoms with Crippen LogP contribution in [0, 0.1) is 0 Å². The van der Waals surface area contributed by atoms with Crippen molar-refractivity contribution >= 4 is 5.97 Å². The summed E-state index contributed by atoms with van der Waals surface area (Å²) in [4.78, 5) is 11.9. The van der Waals surface area contributed by atoms with Gasteiger partial charge in [0.05, 0.1) is 12.2 Å². The average Bonchev–Trinajstić information content (AvgIpc) is 2.99. The Morgan fingerprint density at radius 2 is 2.06 bits per heavy atom. The molecule has 2 aliphatic carbocycles. The summed E-state index contributed by atoms with van der Waals surface area (Å²) in [5.74, 6) is -0.227. The molecular weight excluding hydrogens is 212 g/mol. The SMILES string of the molecule is CCOC(=O)C(=CC1=CC=CC1)C1=CC=CC1. The van der Waals surface area contributed by atoms with Gasteiger partial charge in [-0.15, -0.1) is 0 Å². The molecule has 88 valence electrons. The summed E-state index contributed by atoms with van der Waals surface area (Å²) < 4.78 is 5.10. The van der Waals surface area contributed by atoms with E-state index in [4.69, 9.17) is 4.74 Å². The molecule has 17 heavy (non-hydrogen) atoms. The molecule has 0 heterocycles. The number of ether oxygens (including phenoxy) is 1. The summed E-state index contributed by atoms with van der Waals surface area (Å²) in [5, 5.41) is 0. The van der Waals surface area contributed by atoms with Gasteiger partial charge in [-0.2, -0.15) is 0 Å². The highest BCUT2D eigenvalue weighted by atomic mass is 16.5. The minimum absolute atomic E-state index is 0.227. The number of hydrogen-bond acceptors (Lipinski definition) is 2. The van der Waals surface area contributed by atoms with Crippen molar-refractivity contribution in [3.8, 4) is 0 Å². The van der Waals surface area contributed by atoms with Crippen molar-refractivity contribution in [2.24, 2.45) is 0 Å². The Bertz CT molecular complexity index is 459. The molecule has 2 rings (SSSR count). The van der Waals surface area contributed by atoms with Crippen LogP contribution in [0.1, 0.15) is 19.8 Å². The van der Waals surface area contributed by atoms with Gasteiger partial charge in [0.1, 0.15) is 0 Å². The Hall–Kier alpha value is -1.83. The highest BCUT2D eigenvalue weighted by molar-refractivity contribution is 5.94. The predicted octanol–water partition coefficient (Wildman–Crippen LogP) is 3.25. The van der Waals surface area contributed by atoms with E-state index in [-0.39, 0.29) is 5.97 Å². The minimum atomic E-state index is -0.227. The lowest BCUT2D eigenvalue weighted by Gasteiger charge is -2.08. The molecule has 0 spiro atoms. The zero-order valence-corrected chi connectivity index (χ0v) is 9.98. The van der Waals surface area contributed by atoms with Crippen LogP contribution in [0.5, 0.6) is 0 Å². The van der Waals surface area contributed by atoms with Gasteiger partial charge in [-0.25, -0.2) is 4.79 Å². The molecule has 0 aromatic carbocycles. The Morgan fingerprint density at radius 1 is 1.29 bits per heavy atom. The van der Waals surface area contributed by atoms with E-state index < -0.39 is 0 Å². The monoisotopic (exact) mass is 228 g/mol. The molecule has 0 fully saturated rings. The first-order valence-electron chi connectivity index (χ1n) is 5.92. The van der Waals surface area contributed by atoms with E-state index in [9.17, 15) is 4.79 Å². The molecule has 0 atom stereocenters. The van der Waals surface area contributed by atoms with Crippen LogP contribution in [0.4, 0.5) is 0 Å². The first-order chi connectivity index (χ1) is 8.31. The Morgan fingerprint density at radius 3 is 2.65 bits per heavy atom. The van der Waals surface area contributed by atoms with E-state index in [2.05, 4.69) is 6.08 Å². The van der Waals surface area contributed by atoms with Crippen molar-refractivity contribution in [3.63, 3.8) is 0 Å². The lowest BCUT2D eigenvalue weighted by atomic mass is 10.0. The van der Waals surface area contributed by atoms with E-state index in [0.29, 0.717) is 12.2 Å². The Balaban J connectivity index is 2.20. The van der Waals surface area contributed by atoms with Gasteiger partial charge < -0.3 is 4.74 Å². The van der Waals surface area contributed by atoms with Gasteiger partial charge in [-0.05, 0) is 37.0 Å². The second-order valence-corrected chi connectivity index (χ2v) is 3.98. The van der Waals surface area contributed by atoms with Crippen LogP contribution in [0.15, 0.2) is 59.3 Å². The Labute approximate surface area is 102 Å². The van der Waals surface area contributed by atoms with Crippen LogP contribution >= 0.6 is 0 Å². The first kappa shape index (κ1) is 11.6. The number of hydrogen-bond donors (Lipinski definition) is 0. The molecule has 0 bridgehead atoms. The van der Waals surface area contributed by atoms with Gasteiger partial charge in [0.25, 0.3) is 0 Å². The van der Waals surface area contributed by atoms with Crippen LogP contribution in [-0.2, 0) is 9.53 Å². The second kappa shape index (κ2) is 5.48. The van der Waals surface area contributed by atoms with Gasteiger partial charge >= 0.3 is 5.97 Å². The molecule has 2 heteroatoms. The Kier molecular flexibility index (Phi) is 3.76. The van der Waals surface area contributed by atoms with Crippen LogP contribution in [-0.4, -0.2) is 12.6 Å². The van der Waals surface area contributed by atoms with E-state index in [0.717, 1.165) is 24.0 Å². The maximum Gasteiger partial charge on any atom is 0.338 e. The van der Waals surface area contributed by atoms with E-state index in [1.54, 1.807) is 0 Å². The van der Waals surface area contributed by atoms with Crippen LogP contribution in [0.25, 0.3) is 0 Å². The summed E-state index contributed by atoms with van der Waals surface area (Å²) in [6, 6.07) is 0. The lowest BCUT2D eigenvalue weighted by Crippen LogP contribution is -2.09. The summed E-state index contributed by atoms with van der Waals surface area (Å²) >= 11 is 0. The van der Waals surface area contributed by atoms with Crippen molar-refractivity contribution in [3.05, 3.63) is 59.3 Å². The topological polar surface area (TPSA) is 26.3 Å². The summed E-state index contributed by atoms with van der Waals surface area (Å²) in [6.07, 6.45) is 15.8. The first-order valence-corrected chi connectivity index (χ1v) is 5.92. The van der Waals surface area contributed by atoms with E-state index in [1.165, 1.54) is 0 Å². The molecule has 2 aliphatic rings. The highest BCUT2D eigenvalue weighted by Gasteiger charge is 2.16. The fraction of sp³-hybridized carbons (Fsp3) is 0.267. The van der Waals surface area contributed by atoms with Gasteiger partial charge in [-0.3, -0.25) is 0 Å². The van der Waals surface area contributed by atoms with Crippen molar-refractivity contribution in [1.29, 1.82) is 0 Å². The smallest absolute Gasteiger partial charge is 0.338 e. The van der Waals surface area contributed by atoms with Gasteiger partial charge in [0.15, 0.2) is 0 Å². The molecule has 0 unspecified atom stereocenters. The number of carbonyl (C=O) groups excluding carboxylic acids is 1. The fourth-order valence-electron chi connectivity index (χ4n) is 1.89. The fourth-order valence-corrected chi connectivity index (χ4v) is 1.89. The molecule has 0 saturated carbocycles. The molecule has 0 N–H and O–H groups in total. The van der Waals surface area contributed by atoms with Crippen LogP contribution < -0.4 is 0 Å². The average molecular weight is 228 g/mol. The normalized spacial score (nSPS) is 18.3. The van der Waals surface area contributed by atoms with E-state index >= 15 is 0 Å². The molecule has 0 aromatic heterocycles. The lowest BCUT2D eigenvalue weighted by molar-refractivity contribution is -0.138. The number of rotatable bonds is 4. The summed E-state index contributed by atoms with van der Waals surface area (Å²) in [5.41, 5.74) is 2.88. The molecule has 0 aliphatic heterocycles. The van der Waals surface area contributed by atoms with Gasteiger partial charge in [0, 0.05) is 0 Å². The van der Waals surface area contributed by atoms with Crippen molar-refractivity contribution in [2.75, 3.05) is 6.61 Å².